The number of nitrogens with zero attached hydrogens (tertiary/aromatic N) is 5. The summed E-state index contributed by atoms with van der Waals surface area (Å²) in [5.41, 5.74) is 3.80. The summed E-state index contributed by atoms with van der Waals surface area (Å²) in [6.45, 7) is 9.86. The quantitative estimate of drug-likeness (QED) is 0.264. The third-order valence-electron chi connectivity index (χ3n) is 7.42. The number of ether oxygens (including phenoxy) is 1. The number of carbonyl (C=O) groups excluding carboxylic acids is 1. The predicted octanol–water partition coefficient (Wildman–Crippen LogP) is 5.74. The molecule has 2 N–H and O–H groups in total. The predicted molar refractivity (Wildman–Crippen MR) is 159 cm³/mol. The lowest BCUT2D eigenvalue weighted by Gasteiger charge is -2.32. The minimum atomic E-state index is 0.0404. The van der Waals surface area contributed by atoms with Crippen molar-refractivity contribution in [2.24, 2.45) is 5.92 Å². The second kappa shape index (κ2) is 12.5. The van der Waals surface area contributed by atoms with Gasteiger partial charge in [-0.05, 0) is 55.8 Å². The zero-order valence-electron chi connectivity index (χ0n) is 23.9. The topological polar surface area (TPSA) is 99.3 Å². The van der Waals surface area contributed by atoms with Crippen LogP contribution in [0, 0.1) is 5.92 Å². The Morgan fingerprint density at radius 3 is 2.60 bits per heavy atom. The van der Waals surface area contributed by atoms with Crippen LogP contribution in [0.15, 0.2) is 54.9 Å². The van der Waals surface area contributed by atoms with Gasteiger partial charge in [0, 0.05) is 61.2 Å². The molecule has 9 heteroatoms. The highest BCUT2D eigenvalue weighted by molar-refractivity contribution is 5.98. The lowest BCUT2D eigenvalue weighted by atomic mass is 10.0. The molecule has 5 rings (SSSR count). The Hall–Kier alpha value is -3.98. The number of aromatic nitrogens is 4. The summed E-state index contributed by atoms with van der Waals surface area (Å²) in [6, 6.07) is 13.5. The highest BCUT2D eigenvalue weighted by Gasteiger charge is 2.22. The number of rotatable bonds is 10. The molecule has 4 heterocycles. The number of aromatic amines is 1. The van der Waals surface area contributed by atoms with Crippen molar-refractivity contribution in [1.82, 2.24) is 29.7 Å². The van der Waals surface area contributed by atoms with Crippen LogP contribution in [-0.4, -0.2) is 75.0 Å². The molecule has 1 aromatic carbocycles. The molecule has 0 bridgehead atoms. The molecule has 1 fully saturated rings. The molecule has 4 aromatic rings. The normalized spacial score (nSPS) is 15.0. The van der Waals surface area contributed by atoms with Crippen LogP contribution in [0.2, 0.25) is 0 Å². The van der Waals surface area contributed by atoms with Gasteiger partial charge in [-0.1, -0.05) is 33.6 Å². The standard InChI is InChI=1S/C31H39N7O2/c1-5-6-7-29(21(2)3)40-24-10-12-32-27(20-24)26-11-13-33-31(36-26)34-23-8-9-25-22(18-23)19-28(35-25)30(39)38-16-14-37(4)15-17-38/h8-13,18-21,29,35H,5-7,14-17H2,1-4H3,(H,33,34,36)/t29-/m0/s1. The molecule has 1 saturated heterocycles. The van der Waals surface area contributed by atoms with E-state index in [0.29, 0.717) is 23.3 Å². The van der Waals surface area contributed by atoms with Crippen molar-refractivity contribution in [3.8, 4) is 17.1 Å². The molecular weight excluding hydrogens is 502 g/mol. The number of pyridine rings is 1. The fourth-order valence-electron chi connectivity index (χ4n) is 4.93. The number of anilines is 2. The van der Waals surface area contributed by atoms with Crippen molar-refractivity contribution in [3.05, 3.63) is 60.6 Å². The average molecular weight is 542 g/mol. The van der Waals surface area contributed by atoms with Crippen LogP contribution in [0.4, 0.5) is 11.6 Å². The van der Waals surface area contributed by atoms with Gasteiger partial charge in [0.15, 0.2) is 0 Å². The van der Waals surface area contributed by atoms with Crippen molar-refractivity contribution >= 4 is 28.4 Å². The molecule has 0 spiro atoms. The number of hydrogen-bond acceptors (Lipinski definition) is 7. The molecule has 1 aliphatic heterocycles. The maximum atomic E-state index is 13.0. The fourth-order valence-corrected chi connectivity index (χ4v) is 4.93. The van der Waals surface area contributed by atoms with E-state index < -0.39 is 0 Å². The van der Waals surface area contributed by atoms with Crippen LogP contribution < -0.4 is 10.1 Å². The zero-order chi connectivity index (χ0) is 28.1. The SMILES string of the molecule is CCCC[C@H](Oc1ccnc(-c2ccnc(Nc3ccc4[nH]c(C(=O)N5CCN(C)CC5)cc4c3)n2)c1)C(C)C. The van der Waals surface area contributed by atoms with Crippen molar-refractivity contribution in [3.63, 3.8) is 0 Å². The van der Waals surface area contributed by atoms with Gasteiger partial charge >= 0.3 is 0 Å². The van der Waals surface area contributed by atoms with Crippen LogP contribution >= 0.6 is 0 Å². The Kier molecular flexibility index (Phi) is 8.60. The maximum Gasteiger partial charge on any atom is 0.270 e. The number of fused-ring (bicyclic) bond motifs is 1. The first kappa shape index (κ1) is 27.6. The molecule has 0 saturated carbocycles. The van der Waals surface area contributed by atoms with Crippen molar-refractivity contribution in [2.75, 3.05) is 38.5 Å². The molecule has 0 unspecified atom stereocenters. The molecule has 0 aliphatic carbocycles. The minimum absolute atomic E-state index is 0.0404. The van der Waals surface area contributed by atoms with Crippen LogP contribution in [0.1, 0.15) is 50.5 Å². The van der Waals surface area contributed by atoms with Gasteiger partial charge in [0.25, 0.3) is 5.91 Å². The average Bonchev–Trinajstić information content (AvgIpc) is 3.39. The van der Waals surface area contributed by atoms with E-state index in [0.717, 1.165) is 73.5 Å². The Morgan fingerprint density at radius 1 is 1.02 bits per heavy atom. The number of H-pyrrole nitrogens is 1. The Bertz CT molecular complexity index is 1440. The summed E-state index contributed by atoms with van der Waals surface area (Å²) in [7, 11) is 2.08. The largest absolute Gasteiger partial charge is 0.490 e. The van der Waals surface area contributed by atoms with Gasteiger partial charge < -0.3 is 24.8 Å². The van der Waals surface area contributed by atoms with E-state index in [1.807, 2.05) is 47.4 Å². The van der Waals surface area contributed by atoms with E-state index in [4.69, 9.17) is 9.72 Å². The number of amides is 1. The number of benzene rings is 1. The minimum Gasteiger partial charge on any atom is -0.490 e. The smallest absolute Gasteiger partial charge is 0.270 e. The number of carbonyl (C=O) groups is 1. The Morgan fingerprint density at radius 2 is 1.82 bits per heavy atom. The van der Waals surface area contributed by atoms with Crippen molar-refractivity contribution in [1.29, 1.82) is 0 Å². The van der Waals surface area contributed by atoms with Gasteiger partial charge in [0.2, 0.25) is 5.95 Å². The molecule has 3 aromatic heterocycles. The van der Waals surface area contributed by atoms with E-state index in [9.17, 15) is 4.79 Å². The summed E-state index contributed by atoms with van der Waals surface area (Å²) >= 11 is 0. The number of piperazine rings is 1. The van der Waals surface area contributed by atoms with E-state index in [1.54, 1.807) is 12.4 Å². The van der Waals surface area contributed by atoms with Gasteiger partial charge in [-0.15, -0.1) is 0 Å². The van der Waals surface area contributed by atoms with Gasteiger partial charge in [-0.3, -0.25) is 9.78 Å². The molecule has 210 valence electrons. The first-order valence-electron chi connectivity index (χ1n) is 14.2. The van der Waals surface area contributed by atoms with Gasteiger partial charge in [-0.25, -0.2) is 9.97 Å². The number of likely N-dealkylation sites (N-methyl/N-ethyl adjacent to an activating group) is 1. The third-order valence-corrected chi connectivity index (χ3v) is 7.42. The second-order valence-electron chi connectivity index (χ2n) is 10.9. The third kappa shape index (κ3) is 6.59. The van der Waals surface area contributed by atoms with E-state index in [1.165, 1.54) is 0 Å². The van der Waals surface area contributed by atoms with E-state index >= 15 is 0 Å². The molecule has 0 radical (unpaired) electrons. The molecule has 40 heavy (non-hydrogen) atoms. The lowest BCUT2D eigenvalue weighted by Crippen LogP contribution is -2.47. The molecule has 1 amide bonds. The van der Waals surface area contributed by atoms with Crippen LogP contribution in [0.3, 0.4) is 0 Å². The summed E-state index contributed by atoms with van der Waals surface area (Å²) in [4.78, 5) is 34.1. The van der Waals surface area contributed by atoms with Crippen LogP contribution in [0.25, 0.3) is 22.3 Å². The summed E-state index contributed by atoms with van der Waals surface area (Å²) in [5.74, 6) is 1.74. The van der Waals surface area contributed by atoms with E-state index in [-0.39, 0.29) is 12.0 Å². The molecular formula is C31H39N7O2. The monoisotopic (exact) mass is 541 g/mol. The van der Waals surface area contributed by atoms with Gasteiger partial charge in [0.1, 0.15) is 17.5 Å². The van der Waals surface area contributed by atoms with Crippen molar-refractivity contribution in [2.45, 2.75) is 46.1 Å². The molecule has 9 nitrogen and oxygen atoms in total. The highest BCUT2D eigenvalue weighted by atomic mass is 16.5. The Balaban J connectivity index is 1.29. The van der Waals surface area contributed by atoms with Crippen LogP contribution in [0.5, 0.6) is 5.75 Å². The maximum absolute atomic E-state index is 13.0. The highest BCUT2D eigenvalue weighted by Crippen LogP contribution is 2.26. The Labute approximate surface area is 236 Å². The van der Waals surface area contributed by atoms with Gasteiger partial charge in [0.05, 0.1) is 11.4 Å². The van der Waals surface area contributed by atoms with Crippen LogP contribution in [-0.2, 0) is 0 Å². The van der Waals surface area contributed by atoms with Gasteiger partial charge in [-0.2, -0.15) is 0 Å². The number of hydrogen-bond donors (Lipinski definition) is 2. The molecule has 1 atom stereocenters. The zero-order valence-corrected chi connectivity index (χ0v) is 23.9. The summed E-state index contributed by atoms with van der Waals surface area (Å²) in [6.07, 6.45) is 6.97. The summed E-state index contributed by atoms with van der Waals surface area (Å²) < 4.78 is 6.34. The fraction of sp³-hybridized carbons (Fsp3) is 0.419. The first-order chi connectivity index (χ1) is 19.4. The van der Waals surface area contributed by atoms with E-state index in [2.05, 4.69) is 53.0 Å². The summed E-state index contributed by atoms with van der Waals surface area (Å²) in [5, 5.41) is 4.25. The number of unbranched alkanes of at least 4 members (excludes halogenated alkanes) is 1. The number of nitrogens with one attached hydrogen (secondary N) is 2. The lowest BCUT2D eigenvalue weighted by molar-refractivity contribution is 0.0659. The molecule has 1 aliphatic rings. The second-order valence-corrected chi connectivity index (χ2v) is 10.9. The van der Waals surface area contributed by atoms with Crippen molar-refractivity contribution < 1.29 is 9.53 Å². The first-order valence-corrected chi connectivity index (χ1v) is 14.2.